The molecule has 18 heavy (non-hydrogen) atoms. The average molecular weight is 265 g/mol. The third kappa shape index (κ3) is 2.11. The number of hydrogen-bond donors (Lipinski definition) is 0. The molecule has 1 aromatic carbocycles. The van der Waals surface area contributed by atoms with Gasteiger partial charge in [0, 0.05) is 12.6 Å². The minimum absolute atomic E-state index is 0.369. The van der Waals surface area contributed by atoms with E-state index in [0.717, 1.165) is 17.0 Å². The smallest absolute Gasteiger partial charge is 0.337 e. The largest absolute Gasteiger partial charge is 0.465 e. The number of ether oxygens (including phenoxy) is 1. The molecule has 0 unspecified atom stereocenters. The molecule has 0 bridgehead atoms. The van der Waals surface area contributed by atoms with E-state index in [0.29, 0.717) is 10.6 Å². The maximum absolute atomic E-state index is 11.5. The van der Waals surface area contributed by atoms with Crippen molar-refractivity contribution in [2.24, 2.45) is 7.05 Å². The molecule has 2 rings (SSSR count). The quantitative estimate of drug-likeness (QED) is 0.784. The molecule has 4 nitrogen and oxygen atoms in total. The van der Waals surface area contributed by atoms with Crippen molar-refractivity contribution in [3.63, 3.8) is 0 Å². The summed E-state index contributed by atoms with van der Waals surface area (Å²) in [6, 6.07) is 7.12. The Bertz CT molecular complexity index is 605. The number of esters is 1. The van der Waals surface area contributed by atoms with E-state index in [1.54, 1.807) is 22.9 Å². The van der Waals surface area contributed by atoms with Crippen LogP contribution in [0.1, 0.15) is 16.1 Å². The van der Waals surface area contributed by atoms with Crippen LogP contribution in [0.4, 0.5) is 0 Å². The van der Waals surface area contributed by atoms with Gasteiger partial charge in [0.15, 0.2) is 0 Å². The molecule has 94 valence electrons. The summed E-state index contributed by atoms with van der Waals surface area (Å²) >= 11 is 6.21. The van der Waals surface area contributed by atoms with Gasteiger partial charge in [0.1, 0.15) is 0 Å². The molecule has 0 aliphatic carbocycles. The van der Waals surface area contributed by atoms with E-state index in [4.69, 9.17) is 16.3 Å². The van der Waals surface area contributed by atoms with Crippen LogP contribution in [0.25, 0.3) is 11.3 Å². The van der Waals surface area contributed by atoms with Crippen LogP contribution in [0.15, 0.2) is 24.3 Å². The summed E-state index contributed by atoms with van der Waals surface area (Å²) in [5.74, 6) is -0.369. The number of aryl methyl sites for hydroxylation is 2. The van der Waals surface area contributed by atoms with Crippen LogP contribution < -0.4 is 0 Å². The summed E-state index contributed by atoms with van der Waals surface area (Å²) in [7, 11) is 3.18. The zero-order chi connectivity index (χ0) is 13.3. The predicted octanol–water partition coefficient (Wildman–Crippen LogP) is 2.84. The molecule has 0 saturated heterocycles. The fraction of sp³-hybridized carbons (Fsp3) is 0.231. The molecule has 0 spiro atoms. The molecule has 0 aliphatic rings. The SMILES string of the molecule is COC(=O)c1cccc(-c2c(Cl)c(C)nn2C)c1. The van der Waals surface area contributed by atoms with Crippen LogP contribution >= 0.6 is 11.6 Å². The number of carbonyl (C=O) groups excluding carboxylic acids is 1. The minimum atomic E-state index is -0.369. The average Bonchev–Trinajstić information content (AvgIpc) is 2.62. The predicted molar refractivity (Wildman–Crippen MR) is 69.7 cm³/mol. The Kier molecular flexibility index (Phi) is 3.39. The van der Waals surface area contributed by atoms with E-state index in [1.165, 1.54) is 7.11 Å². The third-order valence-corrected chi connectivity index (χ3v) is 3.16. The molecule has 0 radical (unpaired) electrons. The van der Waals surface area contributed by atoms with Gasteiger partial charge in [-0.1, -0.05) is 23.7 Å². The Morgan fingerprint density at radius 2 is 2.17 bits per heavy atom. The van der Waals surface area contributed by atoms with Crippen LogP contribution in [0, 0.1) is 6.92 Å². The number of benzene rings is 1. The number of methoxy groups -OCH3 is 1. The monoisotopic (exact) mass is 264 g/mol. The second kappa shape index (κ2) is 4.82. The van der Waals surface area contributed by atoms with Crippen molar-refractivity contribution in [3.05, 3.63) is 40.5 Å². The van der Waals surface area contributed by atoms with Gasteiger partial charge >= 0.3 is 5.97 Å². The van der Waals surface area contributed by atoms with Gasteiger partial charge in [0.25, 0.3) is 0 Å². The molecule has 0 saturated carbocycles. The fourth-order valence-electron chi connectivity index (χ4n) is 1.86. The minimum Gasteiger partial charge on any atom is -0.465 e. The first kappa shape index (κ1) is 12.6. The summed E-state index contributed by atoms with van der Waals surface area (Å²) in [6.45, 7) is 1.84. The molecule has 0 N–H and O–H groups in total. The molecular weight excluding hydrogens is 252 g/mol. The lowest BCUT2D eigenvalue weighted by atomic mass is 10.1. The van der Waals surface area contributed by atoms with Gasteiger partial charge in [-0.15, -0.1) is 0 Å². The van der Waals surface area contributed by atoms with E-state index in [-0.39, 0.29) is 5.97 Å². The van der Waals surface area contributed by atoms with Crippen molar-refractivity contribution in [3.8, 4) is 11.3 Å². The summed E-state index contributed by atoms with van der Waals surface area (Å²) in [5.41, 5.74) is 2.88. The van der Waals surface area contributed by atoms with Crippen LogP contribution in [-0.2, 0) is 11.8 Å². The molecule has 1 heterocycles. The standard InChI is InChI=1S/C13H13ClN2O2/c1-8-11(14)12(16(2)15-8)9-5-4-6-10(7-9)13(17)18-3/h4-7H,1-3H3. The van der Waals surface area contributed by atoms with Crippen molar-refractivity contribution in [1.29, 1.82) is 0 Å². The second-order valence-corrected chi connectivity index (χ2v) is 4.32. The number of carbonyl (C=O) groups is 1. The second-order valence-electron chi connectivity index (χ2n) is 3.94. The van der Waals surface area contributed by atoms with E-state index >= 15 is 0 Å². The lowest BCUT2D eigenvalue weighted by Gasteiger charge is -2.05. The van der Waals surface area contributed by atoms with Gasteiger partial charge in [0.05, 0.1) is 29.1 Å². The van der Waals surface area contributed by atoms with Gasteiger partial charge in [-0.25, -0.2) is 4.79 Å². The summed E-state index contributed by atoms with van der Waals surface area (Å²) in [5, 5.41) is 4.85. The molecule has 0 aliphatic heterocycles. The van der Waals surface area contributed by atoms with E-state index in [1.807, 2.05) is 20.0 Å². The van der Waals surface area contributed by atoms with Crippen LogP contribution in [0.2, 0.25) is 5.02 Å². The third-order valence-electron chi connectivity index (χ3n) is 2.71. The highest BCUT2D eigenvalue weighted by Gasteiger charge is 2.14. The summed E-state index contributed by atoms with van der Waals surface area (Å²) < 4.78 is 6.40. The van der Waals surface area contributed by atoms with Gasteiger partial charge in [-0.05, 0) is 19.1 Å². The number of rotatable bonds is 2. The maximum Gasteiger partial charge on any atom is 0.337 e. The van der Waals surface area contributed by atoms with Crippen molar-refractivity contribution >= 4 is 17.6 Å². The Hall–Kier alpha value is -1.81. The zero-order valence-electron chi connectivity index (χ0n) is 10.4. The summed E-state index contributed by atoms with van der Waals surface area (Å²) in [6.07, 6.45) is 0. The number of nitrogens with zero attached hydrogens (tertiary/aromatic N) is 2. The lowest BCUT2D eigenvalue weighted by Crippen LogP contribution is -2.01. The van der Waals surface area contributed by atoms with E-state index < -0.39 is 0 Å². The molecule has 2 aromatic rings. The van der Waals surface area contributed by atoms with E-state index in [9.17, 15) is 4.79 Å². The van der Waals surface area contributed by atoms with Gasteiger partial charge in [-0.3, -0.25) is 4.68 Å². The Morgan fingerprint density at radius 3 is 2.72 bits per heavy atom. The Balaban J connectivity index is 2.54. The zero-order valence-corrected chi connectivity index (χ0v) is 11.2. The Morgan fingerprint density at radius 1 is 1.44 bits per heavy atom. The highest BCUT2D eigenvalue weighted by atomic mass is 35.5. The highest BCUT2D eigenvalue weighted by molar-refractivity contribution is 6.33. The van der Waals surface area contributed by atoms with E-state index in [2.05, 4.69) is 5.10 Å². The lowest BCUT2D eigenvalue weighted by molar-refractivity contribution is 0.0601. The van der Waals surface area contributed by atoms with Crippen LogP contribution in [0.5, 0.6) is 0 Å². The van der Waals surface area contributed by atoms with Crippen LogP contribution in [0.3, 0.4) is 0 Å². The fourth-order valence-corrected chi connectivity index (χ4v) is 2.13. The number of aromatic nitrogens is 2. The number of hydrogen-bond acceptors (Lipinski definition) is 3. The first-order valence-electron chi connectivity index (χ1n) is 5.42. The van der Waals surface area contributed by atoms with Crippen LogP contribution in [-0.4, -0.2) is 22.9 Å². The first-order valence-corrected chi connectivity index (χ1v) is 5.80. The van der Waals surface area contributed by atoms with Gasteiger partial charge in [0.2, 0.25) is 0 Å². The van der Waals surface area contributed by atoms with Crippen molar-refractivity contribution in [2.45, 2.75) is 6.92 Å². The topological polar surface area (TPSA) is 44.1 Å². The van der Waals surface area contributed by atoms with Crippen molar-refractivity contribution < 1.29 is 9.53 Å². The summed E-state index contributed by atoms with van der Waals surface area (Å²) in [4.78, 5) is 11.5. The van der Waals surface area contributed by atoms with Gasteiger partial charge < -0.3 is 4.74 Å². The number of halogens is 1. The van der Waals surface area contributed by atoms with Gasteiger partial charge in [-0.2, -0.15) is 5.10 Å². The molecule has 0 atom stereocenters. The van der Waals surface area contributed by atoms with Crippen molar-refractivity contribution in [1.82, 2.24) is 9.78 Å². The molecule has 5 heteroatoms. The van der Waals surface area contributed by atoms with Crippen molar-refractivity contribution in [2.75, 3.05) is 7.11 Å². The molecule has 0 amide bonds. The normalized spacial score (nSPS) is 10.4. The maximum atomic E-state index is 11.5. The Labute approximate surface area is 110 Å². The molecular formula is C13H13ClN2O2. The first-order chi connectivity index (χ1) is 8.54. The molecule has 1 aromatic heterocycles. The molecule has 0 fully saturated rings. The highest BCUT2D eigenvalue weighted by Crippen LogP contribution is 2.30.